The highest BCUT2D eigenvalue weighted by molar-refractivity contribution is 5.78. The Kier molecular flexibility index (Phi) is 2.55. The molecular weight excluding hydrogens is 217 g/mol. The Hall–Kier alpha value is -1.62. The predicted octanol–water partition coefficient (Wildman–Crippen LogP) is 2.80. The van der Waals surface area contributed by atoms with Crippen LogP contribution in [0.5, 0.6) is 0 Å². The van der Waals surface area contributed by atoms with Gasteiger partial charge in [0.05, 0.1) is 11.2 Å². The first-order valence-electron chi connectivity index (χ1n) is 4.66. The molecule has 0 saturated heterocycles. The van der Waals surface area contributed by atoms with Gasteiger partial charge in [0.15, 0.2) is 0 Å². The number of hydrogen-bond acceptors (Lipinski definition) is 2. The number of nitrogens with two attached hydrogens (primary N) is 1. The van der Waals surface area contributed by atoms with Gasteiger partial charge in [-0.25, -0.2) is 0 Å². The first-order chi connectivity index (χ1) is 7.48. The Morgan fingerprint density at radius 2 is 1.75 bits per heavy atom. The lowest BCUT2D eigenvalue weighted by atomic mass is 10.1. The molecular formula is C11H9F3N2. The summed E-state index contributed by atoms with van der Waals surface area (Å²) in [6.07, 6.45) is -4.46. The molecule has 16 heavy (non-hydrogen) atoms. The Balaban J connectivity index is 2.47. The monoisotopic (exact) mass is 226 g/mol. The second-order valence-corrected chi connectivity index (χ2v) is 3.45. The number of halogens is 3. The number of alkyl halides is 3. The third-order valence-electron chi connectivity index (χ3n) is 2.29. The van der Waals surface area contributed by atoms with Crippen molar-refractivity contribution < 1.29 is 13.2 Å². The first-order valence-corrected chi connectivity index (χ1v) is 4.66. The molecule has 1 heterocycles. The fourth-order valence-electron chi connectivity index (χ4n) is 1.42. The number of benzene rings is 1. The summed E-state index contributed by atoms with van der Waals surface area (Å²) in [5.41, 5.74) is 5.43. The molecule has 0 unspecified atom stereocenters. The van der Waals surface area contributed by atoms with E-state index in [2.05, 4.69) is 4.98 Å². The van der Waals surface area contributed by atoms with Crippen molar-refractivity contribution in [1.82, 2.24) is 4.98 Å². The van der Waals surface area contributed by atoms with Gasteiger partial charge in [-0.15, -0.1) is 0 Å². The zero-order valence-corrected chi connectivity index (χ0v) is 8.20. The second kappa shape index (κ2) is 3.75. The van der Waals surface area contributed by atoms with E-state index in [1.165, 1.54) is 6.07 Å². The zero-order chi connectivity index (χ0) is 11.8. The molecule has 0 aliphatic heterocycles. The lowest BCUT2D eigenvalue weighted by molar-refractivity contribution is -0.149. The number of pyridine rings is 1. The van der Waals surface area contributed by atoms with Gasteiger partial charge in [0.2, 0.25) is 0 Å². The average molecular weight is 226 g/mol. The van der Waals surface area contributed by atoms with Crippen molar-refractivity contribution in [2.45, 2.75) is 12.2 Å². The van der Waals surface area contributed by atoms with Crippen LogP contribution in [0.2, 0.25) is 0 Å². The number of fused-ring (bicyclic) bond motifs is 1. The van der Waals surface area contributed by atoms with Crippen molar-refractivity contribution in [2.24, 2.45) is 5.73 Å². The summed E-state index contributed by atoms with van der Waals surface area (Å²) in [5, 5.41) is 0.792. The van der Waals surface area contributed by atoms with E-state index < -0.39 is 12.2 Å². The number of hydrogen-bond donors (Lipinski definition) is 1. The summed E-state index contributed by atoms with van der Waals surface area (Å²) < 4.78 is 37.1. The minimum Gasteiger partial charge on any atom is -0.315 e. The van der Waals surface area contributed by atoms with E-state index in [-0.39, 0.29) is 5.69 Å². The third kappa shape index (κ3) is 1.99. The SMILES string of the molecule is N[C@H](c1ccc2ccccc2n1)C(F)(F)F. The molecule has 5 heteroatoms. The topological polar surface area (TPSA) is 38.9 Å². The maximum Gasteiger partial charge on any atom is 0.409 e. The van der Waals surface area contributed by atoms with Crippen LogP contribution in [0.4, 0.5) is 13.2 Å². The summed E-state index contributed by atoms with van der Waals surface area (Å²) in [4.78, 5) is 3.90. The van der Waals surface area contributed by atoms with Crippen LogP contribution < -0.4 is 5.73 Å². The van der Waals surface area contributed by atoms with Crippen LogP contribution in [0.25, 0.3) is 10.9 Å². The van der Waals surface area contributed by atoms with E-state index in [1.807, 2.05) is 0 Å². The van der Waals surface area contributed by atoms with Crippen LogP contribution in [-0.4, -0.2) is 11.2 Å². The van der Waals surface area contributed by atoms with Gasteiger partial charge < -0.3 is 5.73 Å². The van der Waals surface area contributed by atoms with Gasteiger partial charge in [-0.2, -0.15) is 13.2 Å². The van der Waals surface area contributed by atoms with Crippen LogP contribution in [0.15, 0.2) is 36.4 Å². The van der Waals surface area contributed by atoms with Crippen molar-refractivity contribution in [2.75, 3.05) is 0 Å². The maximum atomic E-state index is 12.4. The van der Waals surface area contributed by atoms with Gasteiger partial charge >= 0.3 is 6.18 Å². The summed E-state index contributed by atoms with van der Waals surface area (Å²) in [6, 6.07) is 7.82. The molecule has 2 N–H and O–H groups in total. The van der Waals surface area contributed by atoms with Crippen molar-refractivity contribution in [3.63, 3.8) is 0 Å². The Labute approximate surface area is 89.9 Å². The third-order valence-corrected chi connectivity index (χ3v) is 2.29. The minimum absolute atomic E-state index is 0.161. The van der Waals surface area contributed by atoms with Gasteiger partial charge in [-0.3, -0.25) is 4.98 Å². The molecule has 1 aromatic heterocycles. The summed E-state index contributed by atoms with van der Waals surface area (Å²) in [5.74, 6) is 0. The van der Waals surface area contributed by atoms with Gasteiger partial charge in [0.1, 0.15) is 6.04 Å². The Bertz CT molecular complexity index is 508. The van der Waals surface area contributed by atoms with Crippen LogP contribution in [-0.2, 0) is 0 Å². The maximum absolute atomic E-state index is 12.4. The largest absolute Gasteiger partial charge is 0.409 e. The molecule has 0 aliphatic rings. The molecule has 0 aliphatic carbocycles. The molecule has 0 amide bonds. The zero-order valence-electron chi connectivity index (χ0n) is 8.20. The molecule has 2 nitrogen and oxygen atoms in total. The molecule has 0 fully saturated rings. The van der Waals surface area contributed by atoms with Crippen LogP contribution >= 0.6 is 0 Å². The summed E-state index contributed by atoms with van der Waals surface area (Å²) in [6.45, 7) is 0. The van der Waals surface area contributed by atoms with E-state index in [0.717, 1.165) is 5.39 Å². The van der Waals surface area contributed by atoms with E-state index >= 15 is 0 Å². The molecule has 2 rings (SSSR count). The second-order valence-electron chi connectivity index (χ2n) is 3.45. The fourth-order valence-corrected chi connectivity index (χ4v) is 1.42. The molecule has 0 radical (unpaired) electrons. The lowest BCUT2D eigenvalue weighted by Gasteiger charge is -2.15. The van der Waals surface area contributed by atoms with E-state index in [0.29, 0.717) is 5.52 Å². The molecule has 84 valence electrons. The van der Waals surface area contributed by atoms with Crippen molar-refractivity contribution in [3.05, 3.63) is 42.1 Å². The molecule has 0 bridgehead atoms. The summed E-state index contributed by atoms with van der Waals surface area (Å²) >= 11 is 0. The molecule has 0 saturated carbocycles. The Morgan fingerprint density at radius 3 is 2.44 bits per heavy atom. The van der Waals surface area contributed by atoms with Gasteiger partial charge in [0.25, 0.3) is 0 Å². The predicted molar refractivity (Wildman–Crippen MR) is 54.7 cm³/mol. The summed E-state index contributed by atoms with van der Waals surface area (Å²) in [7, 11) is 0. The average Bonchev–Trinajstić information content (AvgIpc) is 2.26. The van der Waals surface area contributed by atoms with E-state index in [9.17, 15) is 13.2 Å². The van der Waals surface area contributed by atoms with Crippen LogP contribution in [0.1, 0.15) is 11.7 Å². The molecule has 0 spiro atoms. The van der Waals surface area contributed by atoms with E-state index in [1.54, 1.807) is 30.3 Å². The van der Waals surface area contributed by atoms with Crippen molar-refractivity contribution in [3.8, 4) is 0 Å². The number of para-hydroxylation sites is 1. The lowest BCUT2D eigenvalue weighted by Crippen LogP contribution is -2.29. The van der Waals surface area contributed by atoms with E-state index in [4.69, 9.17) is 5.73 Å². The van der Waals surface area contributed by atoms with Crippen LogP contribution in [0, 0.1) is 0 Å². The highest BCUT2D eigenvalue weighted by atomic mass is 19.4. The van der Waals surface area contributed by atoms with Crippen LogP contribution in [0.3, 0.4) is 0 Å². The van der Waals surface area contributed by atoms with Gasteiger partial charge in [-0.1, -0.05) is 24.3 Å². The quantitative estimate of drug-likeness (QED) is 0.812. The molecule has 2 aromatic rings. The number of aromatic nitrogens is 1. The standard InChI is InChI=1S/C11H9F3N2/c12-11(13,14)10(15)9-6-5-7-3-1-2-4-8(7)16-9/h1-6,10H,15H2/t10-/m1/s1. The van der Waals surface area contributed by atoms with Crippen molar-refractivity contribution >= 4 is 10.9 Å². The number of nitrogens with zero attached hydrogens (tertiary/aromatic N) is 1. The van der Waals surface area contributed by atoms with Gasteiger partial charge in [-0.05, 0) is 12.1 Å². The molecule has 1 aromatic carbocycles. The highest BCUT2D eigenvalue weighted by Crippen LogP contribution is 2.30. The minimum atomic E-state index is -4.46. The first kappa shape index (κ1) is 10.9. The number of rotatable bonds is 1. The smallest absolute Gasteiger partial charge is 0.315 e. The van der Waals surface area contributed by atoms with Crippen molar-refractivity contribution in [1.29, 1.82) is 0 Å². The highest BCUT2D eigenvalue weighted by Gasteiger charge is 2.38. The molecule has 1 atom stereocenters. The normalized spacial score (nSPS) is 14.0. The Morgan fingerprint density at radius 1 is 1.06 bits per heavy atom. The fraction of sp³-hybridized carbons (Fsp3) is 0.182. The van der Waals surface area contributed by atoms with Gasteiger partial charge in [0, 0.05) is 5.39 Å².